The molecule has 0 saturated heterocycles. The summed E-state index contributed by atoms with van der Waals surface area (Å²) >= 11 is 0. The highest BCUT2D eigenvalue weighted by molar-refractivity contribution is 5.96. The van der Waals surface area contributed by atoms with Gasteiger partial charge < -0.3 is 21.0 Å². The lowest BCUT2D eigenvalue weighted by Gasteiger charge is -2.26. The number of carboxylic acids is 1. The van der Waals surface area contributed by atoms with Crippen molar-refractivity contribution in [2.75, 3.05) is 18.5 Å². The summed E-state index contributed by atoms with van der Waals surface area (Å²) in [6.07, 6.45) is -3.91. The van der Waals surface area contributed by atoms with E-state index in [2.05, 4.69) is 16.5 Å². The molecule has 3 rings (SSSR count). The second kappa shape index (κ2) is 16.2. The minimum absolute atomic E-state index is 0.173. The van der Waals surface area contributed by atoms with Crippen molar-refractivity contribution in [3.05, 3.63) is 89.5 Å². The lowest BCUT2D eigenvalue weighted by molar-refractivity contribution is -0.192. The first-order valence-corrected chi connectivity index (χ1v) is 12.9. The number of hydrogen-bond acceptors (Lipinski definition) is 8. The first-order chi connectivity index (χ1) is 20.4. The molecule has 226 valence electrons. The molecule has 0 spiro atoms. The van der Waals surface area contributed by atoms with Crippen molar-refractivity contribution in [1.82, 2.24) is 4.90 Å². The Morgan fingerprint density at radius 3 is 2.30 bits per heavy atom. The van der Waals surface area contributed by atoms with Crippen LogP contribution in [0.3, 0.4) is 0 Å². The largest absolute Gasteiger partial charge is 0.490 e. The number of imide groups is 1. The minimum atomic E-state index is -5.08. The van der Waals surface area contributed by atoms with Crippen LogP contribution in [0.4, 0.5) is 23.7 Å². The SMILES string of the molecule is CCOC(=O)N(CC)C(=O)[C@H](Cc1cccc(C=NN)c1)Nc1ccc(-c2ccccc2C#N)cc1.O=C(O)C(F)(F)F. The standard InChI is InChI=1S/C28H29N5O3.C2HF3O2/c1-3-33(28(35)36-4-2)27(34)26(17-20-8-7-9-21(16-20)19-31-30)32-24-14-12-22(13-15-24)25-11-6-5-10-23(25)18-29;3-2(4,5)1(6)7/h5-16,19,26,32H,3-4,17,30H2,1-2H3;(H,6,7)/t26-;/m0./s1. The van der Waals surface area contributed by atoms with E-state index in [4.69, 9.17) is 20.5 Å². The summed E-state index contributed by atoms with van der Waals surface area (Å²) in [5, 5.41) is 23.4. The van der Waals surface area contributed by atoms with Crippen molar-refractivity contribution >= 4 is 29.9 Å². The van der Waals surface area contributed by atoms with Crippen molar-refractivity contribution in [2.45, 2.75) is 32.5 Å². The fraction of sp³-hybridized carbons (Fsp3) is 0.233. The third-order valence-electron chi connectivity index (χ3n) is 5.81. The maximum absolute atomic E-state index is 13.5. The molecule has 10 nitrogen and oxygen atoms in total. The lowest BCUT2D eigenvalue weighted by atomic mass is 9.99. The summed E-state index contributed by atoms with van der Waals surface area (Å²) in [7, 11) is 0. The van der Waals surface area contributed by atoms with E-state index in [1.165, 1.54) is 6.21 Å². The van der Waals surface area contributed by atoms with Gasteiger partial charge in [0, 0.05) is 18.7 Å². The Labute approximate surface area is 246 Å². The topological polar surface area (TPSA) is 158 Å². The van der Waals surface area contributed by atoms with Gasteiger partial charge >= 0.3 is 18.2 Å². The van der Waals surface area contributed by atoms with Gasteiger partial charge in [-0.1, -0.05) is 54.6 Å². The van der Waals surface area contributed by atoms with Crippen molar-refractivity contribution < 1.29 is 37.4 Å². The minimum Gasteiger partial charge on any atom is -0.475 e. The highest BCUT2D eigenvalue weighted by Crippen LogP contribution is 2.25. The van der Waals surface area contributed by atoms with Crippen molar-refractivity contribution in [1.29, 1.82) is 5.26 Å². The van der Waals surface area contributed by atoms with Crippen LogP contribution in [0.5, 0.6) is 0 Å². The second-order valence-corrected chi connectivity index (χ2v) is 8.74. The molecule has 0 heterocycles. The number of nitrogens with zero attached hydrogens (tertiary/aromatic N) is 3. The van der Waals surface area contributed by atoms with E-state index in [0.29, 0.717) is 17.7 Å². The number of hydrogen-bond donors (Lipinski definition) is 3. The number of benzene rings is 3. The highest BCUT2D eigenvalue weighted by atomic mass is 19.4. The third-order valence-corrected chi connectivity index (χ3v) is 5.81. The van der Waals surface area contributed by atoms with Gasteiger partial charge in [-0.2, -0.15) is 23.5 Å². The fourth-order valence-corrected chi connectivity index (χ4v) is 3.87. The molecule has 0 radical (unpaired) electrons. The number of halogens is 3. The predicted octanol–water partition coefficient (Wildman–Crippen LogP) is 5.18. The van der Waals surface area contributed by atoms with Crippen molar-refractivity contribution in [3.8, 4) is 17.2 Å². The number of carbonyl (C=O) groups excluding carboxylic acids is 2. The van der Waals surface area contributed by atoms with Crippen LogP contribution in [0.2, 0.25) is 0 Å². The smallest absolute Gasteiger partial charge is 0.475 e. The zero-order valence-corrected chi connectivity index (χ0v) is 23.3. The molecule has 0 aliphatic rings. The number of ether oxygens (including phenoxy) is 1. The van der Waals surface area contributed by atoms with Crippen LogP contribution in [0.1, 0.15) is 30.5 Å². The Bertz CT molecular complexity index is 1470. The monoisotopic (exact) mass is 597 g/mol. The number of carboxylic acid groups (broad SMARTS) is 1. The number of nitriles is 1. The average molecular weight is 598 g/mol. The van der Waals surface area contributed by atoms with Gasteiger partial charge in [0.2, 0.25) is 0 Å². The van der Waals surface area contributed by atoms with E-state index in [9.17, 15) is 28.0 Å². The Hall–Kier alpha value is -5.38. The Morgan fingerprint density at radius 1 is 1.09 bits per heavy atom. The summed E-state index contributed by atoms with van der Waals surface area (Å²) < 4.78 is 36.8. The van der Waals surface area contributed by atoms with E-state index in [0.717, 1.165) is 27.2 Å². The van der Waals surface area contributed by atoms with Gasteiger partial charge in [0.05, 0.1) is 24.5 Å². The van der Waals surface area contributed by atoms with Gasteiger partial charge in [-0.3, -0.25) is 4.79 Å². The molecule has 43 heavy (non-hydrogen) atoms. The quantitative estimate of drug-likeness (QED) is 0.173. The molecule has 2 amide bonds. The first-order valence-electron chi connectivity index (χ1n) is 12.9. The molecular weight excluding hydrogens is 567 g/mol. The molecular formula is C30H30F3N5O5. The normalized spacial score (nSPS) is 11.4. The number of nitrogens with two attached hydrogens (primary N) is 1. The molecule has 4 N–H and O–H groups in total. The second-order valence-electron chi connectivity index (χ2n) is 8.74. The van der Waals surface area contributed by atoms with E-state index in [1.807, 2.05) is 66.7 Å². The number of amides is 2. The van der Waals surface area contributed by atoms with Crippen molar-refractivity contribution in [3.63, 3.8) is 0 Å². The lowest BCUT2D eigenvalue weighted by Crippen LogP contribution is -2.47. The molecule has 0 aliphatic carbocycles. The van der Waals surface area contributed by atoms with Gasteiger partial charge in [0.1, 0.15) is 6.04 Å². The van der Waals surface area contributed by atoms with E-state index in [-0.39, 0.29) is 13.2 Å². The van der Waals surface area contributed by atoms with Gasteiger partial charge in [-0.25, -0.2) is 14.5 Å². The molecule has 1 atom stereocenters. The summed E-state index contributed by atoms with van der Waals surface area (Å²) in [4.78, 5) is 35.9. The highest BCUT2D eigenvalue weighted by Gasteiger charge is 2.38. The van der Waals surface area contributed by atoms with Crippen LogP contribution >= 0.6 is 0 Å². The Balaban J connectivity index is 0.000000821. The molecule has 0 saturated carbocycles. The third kappa shape index (κ3) is 10.2. The van der Waals surface area contributed by atoms with Gasteiger partial charge in [-0.05, 0) is 54.3 Å². The number of nitrogens with one attached hydrogen (secondary N) is 1. The number of hydrazone groups is 1. The molecule has 0 aliphatic heterocycles. The predicted molar refractivity (Wildman–Crippen MR) is 154 cm³/mol. The summed E-state index contributed by atoms with van der Waals surface area (Å²) in [5.74, 6) is 2.13. The van der Waals surface area contributed by atoms with Crippen LogP contribution in [-0.4, -0.2) is 59.6 Å². The van der Waals surface area contributed by atoms with Gasteiger partial charge in [-0.15, -0.1) is 0 Å². The number of rotatable bonds is 9. The molecule has 0 fully saturated rings. The number of likely N-dealkylation sites (N-methyl/N-ethyl adjacent to an activating group) is 1. The summed E-state index contributed by atoms with van der Waals surface area (Å²) in [6.45, 7) is 3.78. The molecule has 0 aromatic heterocycles. The van der Waals surface area contributed by atoms with Crippen LogP contribution in [-0.2, 0) is 20.7 Å². The van der Waals surface area contributed by atoms with E-state index in [1.54, 1.807) is 19.9 Å². The van der Waals surface area contributed by atoms with Crippen LogP contribution in [0, 0.1) is 11.3 Å². The number of alkyl halides is 3. The first kappa shape index (κ1) is 33.8. The van der Waals surface area contributed by atoms with Gasteiger partial charge in [0.25, 0.3) is 5.91 Å². The van der Waals surface area contributed by atoms with Crippen LogP contribution in [0.15, 0.2) is 77.9 Å². The molecule has 3 aromatic rings. The molecule has 0 unspecified atom stereocenters. The molecule has 13 heteroatoms. The summed E-state index contributed by atoms with van der Waals surface area (Å²) in [5.41, 5.74) is 4.68. The molecule has 3 aromatic carbocycles. The fourth-order valence-electron chi connectivity index (χ4n) is 3.87. The summed E-state index contributed by atoms with van der Waals surface area (Å²) in [6, 6.07) is 23.8. The zero-order chi connectivity index (χ0) is 32.0. The molecule has 0 bridgehead atoms. The Kier molecular flexibility index (Phi) is 12.7. The number of aliphatic carboxylic acids is 1. The van der Waals surface area contributed by atoms with Crippen molar-refractivity contribution in [2.24, 2.45) is 10.9 Å². The number of anilines is 1. The van der Waals surface area contributed by atoms with Crippen LogP contribution < -0.4 is 11.2 Å². The van der Waals surface area contributed by atoms with Crippen LogP contribution in [0.25, 0.3) is 11.1 Å². The average Bonchev–Trinajstić information content (AvgIpc) is 2.98. The van der Waals surface area contributed by atoms with E-state index >= 15 is 0 Å². The maximum atomic E-state index is 13.5. The maximum Gasteiger partial charge on any atom is 0.490 e. The van der Waals surface area contributed by atoms with Gasteiger partial charge in [0.15, 0.2) is 0 Å². The van der Waals surface area contributed by atoms with E-state index < -0.39 is 30.2 Å². The Morgan fingerprint density at radius 2 is 1.74 bits per heavy atom. The number of carbonyl (C=O) groups is 3. The zero-order valence-electron chi connectivity index (χ0n) is 23.3.